The van der Waals surface area contributed by atoms with Crippen LogP contribution in [-0.4, -0.2) is 32.9 Å². The standard InChI is InChI=1S/C27H33N3O5.C4H10/c1-8-11-22-17(9-2)18(13-28-35-26(4,5)6)19-14-30-23(24(19)29-22)12-21(27(7,33)10-3)20(25(30)32)15-34-16-31;1-4(2)3/h8-9,11-13,16,33H,1,10,14-15H2,2-7H3;4H,1-3H3/b17-9-,22-11+,28-13+;. The van der Waals surface area contributed by atoms with Gasteiger partial charge in [0.15, 0.2) is 0 Å². The Bertz CT molecular complexity index is 1410. The molecule has 0 radical (unpaired) electrons. The average molecular weight is 538 g/mol. The first-order chi connectivity index (χ1) is 18.2. The van der Waals surface area contributed by atoms with E-state index in [2.05, 4.69) is 32.5 Å². The van der Waals surface area contributed by atoms with Crippen LogP contribution in [0, 0.1) is 5.92 Å². The summed E-state index contributed by atoms with van der Waals surface area (Å²) in [4.78, 5) is 34.9. The van der Waals surface area contributed by atoms with Crippen molar-refractivity contribution in [3.05, 3.63) is 61.9 Å². The number of allylic oxidation sites excluding steroid dienone is 1. The lowest BCUT2D eigenvalue weighted by Crippen LogP contribution is -2.33. The molecule has 1 aliphatic rings. The maximum absolute atomic E-state index is 13.6. The topological polar surface area (TPSA) is 103 Å². The van der Waals surface area contributed by atoms with Crippen LogP contribution in [0.25, 0.3) is 23.5 Å². The zero-order chi connectivity index (χ0) is 29.5. The minimum atomic E-state index is -1.29. The minimum absolute atomic E-state index is 0.227. The number of carbonyl (C=O) groups excluding carboxylic acids is 1. The molecule has 0 bridgehead atoms. The summed E-state index contributed by atoms with van der Waals surface area (Å²) < 4.78 is 6.53. The van der Waals surface area contributed by atoms with Crippen LogP contribution in [0.15, 0.2) is 28.7 Å². The number of aromatic nitrogens is 2. The van der Waals surface area contributed by atoms with Crippen molar-refractivity contribution in [1.82, 2.24) is 9.55 Å². The summed E-state index contributed by atoms with van der Waals surface area (Å²) in [5.41, 5.74) is 1.36. The van der Waals surface area contributed by atoms with Crippen LogP contribution in [0.5, 0.6) is 0 Å². The van der Waals surface area contributed by atoms with Gasteiger partial charge < -0.3 is 19.2 Å². The van der Waals surface area contributed by atoms with Gasteiger partial charge in [0.1, 0.15) is 12.2 Å². The lowest BCUT2D eigenvalue weighted by Gasteiger charge is -2.25. The third-order valence-electron chi connectivity index (χ3n) is 6.01. The monoisotopic (exact) mass is 537 g/mol. The van der Waals surface area contributed by atoms with Crippen molar-refractivity contribution in [2.24, 2.45) is 11.1 Å². The Morgan fingerprint density at radius 1 is 1.26 bits per heavy atom. The van der Waals surface area contributed by atoms with E-state index >= 15 is 0 Å². The van der Waals surface area contributed by atoms with Gasteiger partial charge in [-0.05, 0) is 64.7 Å². The Morgan fingerprint density at radius 2 is 1.90 bits per heavy atom. The highest BCUT2D eigenvalue weighted by Gasteiger charge is 2.32. The molecule has 2 aromatic rings. The molecule has 0 aromatic carbocycles. The van der Waals surface area contributed by atoms with Crippen molar-refractivity contribution in [1.29, 1.82) is 0 Å². The molecule has 1 N–H and O–H groups in total. The van der Waals surface area contributed by atoms with E-state index in [4.69, 9.17) is 14.6 Å². The molecule has 0 amide bonds. The number of oxime groups is 1. The fourth-order valence-electron chi connectivity index (χ4n) is 4.10. The number of hydrogen-bond donors (Lipinski definition) is 1. The molecule has 212 valence electrons. The third kappa shape index (κ3) is 7.53. The summed E-state index contributed by atoms with van der Waals surface area (Å²) in [5, 5.41) is 16.8. The van der Waals surface area contributed by atoms with E-state index in [1.54, 1.807) is 35.9 Å². The molecule has 1 aliphatic heterocycles. The normalized spacial score (nSPS) is 14.9. The van der Waals surface area contributed by atoms with Gasteiger partial charge in [-0.15, -0.1) is 0 Å². The van der Waals surface area contributed by atoms with E-state index in [0.29, 0.717) is 35.2 Å². The first-order valence-electron chi connectivity index (χ1n) is 13.3. The molecular weight excluding hydrogens is 494 g/mol. The van der Waals surface area contributed by atoms with Crippen molar-refractivity contribution in [3.8, 4) is 11.4 Å². The Morgan fingerprint density at radius 3 is 2.41 bits per heavy atom. The van der Waals surface area contributed by atoms with Gasteiger partial charge in [0.25, 0.3) is 12.0 Å². The molecule has 0 saturated carbocycles. The summed E-state index contributed by atoms with van der Waals surface area (Å²) in [7, 11) is 0. The zero-order valence-corrected chi connectivity index (χ0v) is 24.8. The predicted octanol–water partition coefficient (Wildman–Crippen LogP) is 4.14. The second-order valence-corrected chi connectivity index (χ2v) is 11.4. The van der Waals surface area contributed by atoms with Crippen molar-refractivity contribution < 1.29 is 19.5 Å². The highest BCUT2D eigenvalue weighted by Crippen LogP contribution is 2.34. The van der Waals surface area contributed by atoms with Gasteiger partial charge in [0, 0.05) is 16.3 Å². The number of ether oxygens (including phenoxy) is 1. The number of aliphatic hydroxyl groups is 1. The molecule has 2 aromatic heterocycles. The van der Waals surface area contributed by atoms with Crippen molar-refractivity contribution >= 4 is 24.8 Å². The van der Waals surface area contributed by atoms with E-state index in [1.165, 1.54) is 0 Å². The van der Waals surface area contributed by atoms with Crippen molar-refractivity contribution in [2.75, 3.05) is 0 Å². The summed E-state index contributed by atoms with van der Waals surface area (Å²) in [5.74, 6) is 0.833. The van der Waals surface area contributed by atoms with E-state index < -0.39 is 11.2 Å². The van der Waals surface area contributed by atoms with E-state index in [0.717, 1.165) is 22.3 Å². The Hall–Kier alpha value is -3.52. The second-order valence-electron chi connectivity index (χ2n) is 11.4. The summed E-state index contributed by atoms with van der Waals surface area (Å²) in [6, 6.07) is 1.77. The summed E-state index contributed by atoms with van der Waals surface area (Å²) in [6.07, 6.45) is 7.41. The van der Waals surface area contributed by atoms with Crippen LogP contribution >= 0.6 is 0 Å². The van der Waals surface area contributed by atoms with Gasteiger partial charge in [0.2, 0.25) is 0 Å². The van der Waals surface area contributed by atoms with Crippen molar-refractivity contribution in [2.45, 2.75) is 93.1 Å². The van der Waals surface area contributed by atoms with Crippen LogP contribution in [0.3, 0.4) is 0 Å². The average Bonchev–Trinajstić information content (AvgIpc) is 3.21. The number of carbonyl (C=O) groups is 1. The van der Waals surface area contributed by atoms with Crippen LogP contribution in [0.1, 0.15) is 91.0 Å². The second kappa shape index (κ2) is 13.0. The smallest absolute Gasteiger partial charge is 0.293 e. The Kier molecular flexibility index (Phi) is 10.6. The first-order valence-corrected chi connectivity index (χ1v) is 13.3. The summed E-state index contributed by atoms with van der Waals surface area (Å²) >= 11 is 0. The van der Waals surface area contributed by atoms with Crippen LogP contribution < -0.4 is 16.1 Å². The van der Waals surface area contributed by atoms with Crippen LogP contribution in [0.4, 0.5) is 0 Å². The maximum atomic E-state index is 13.6. The molecule has 39 heavy (non-hydrogen) atoms. The number of fused-ring (bicyclic) bond motifs is 3. The molecule has 1 atom stereocenters. The van der Waals surface area contributed by atoms with Gasteiger partial charge in [-0.1, -0.05) is 51.6 Å². The van der Waals surface area contributed by atoms with Gasteiger partial charge in [0.05, 0.1) is 40.7 Å². The van der Waals surface area contributed by atoms with Gasteiger partial charge >= 0.3 is 0 Å². The molecule has 3 heterocycles. The first kappa shape index (κ1) is 31.7. The molecule has 0 spiro atoms. The number of hydrogen-bond acceptors (Lipinski definition) is 7. The van der Waals surface area contributed by atoms with Gasteiger partial charge in [-0.25, -0.2) is 4.98 Å². The molecule has 0 fully saturated rings. The summed E-state index contributed by atoms with van der Waals surface area (Å²) in [6.45, 7) is 21.7. The highest BCUT2D eigenvalue weighted by atomic mass is 16.6. The molecule has 1 unspecified atom stereocenters. The minimum Gasteiger partial charge on any atom is -0.463 e. The molecule has 0 saturated heterocycles. The van der Waals surface area contributed by atoms with Crippen molar-refractivity contribution in [3.63, 3.8) is 0 Å². The van der Waals surface area contributed by atoms with Gasteiger partial charge in [-0.3, -0.25) is 9.59 Å². The van der Waals surface area contributed by atoms with E-state index in [1.807, 2.05) is 40.7 Å². The van der Waals surface area contributed by atoms with E-state index in [9.17, 15) is 14.7 Å². The maximum Gasteiger partial charge on any atom is 0.293 e. The zero-order valence-electron chi connectivity index (χ0n) is 24.8. The Balaban J connectivity index is 0.00000124. The van der Waals surface area contributed by atoms with Crippen LogP contribution in [0.2, 0.25) is 0 Å². The Labute approximate surface area is 231 Å². The SMILES string of the molecule is C=C/C=c1/nc2c(c(/C=N/OC(C)(C)C)/c1=C/C)Cn1c-2cc(C(C)(O)CC)c(COC=O)c1=O.CC(C)C. The number of rotatable bonds is 8. The van der Waals surface area contributed by atoms with Crippen LogP contribution in [-0.2, 0) is 33.1 Å². The lowest BCUT2D eigenvalue weighted by molar-refractivity contribution is -0.129. The number of pyridine rings is 2. The highest BCUT2D eigenvalue weighted by molar-refractivity contribution is 5.86. The molecule has 8 heteroatoms. The number of nitrogens with zero attached hydrogens (tertiary/aromatic N) is 3. The molecule has 8 nitrogen and oxygen atoms in total. The molecular formula is C31H43N3O5. The van der Waals surface area contributed by atoms with E-state index in [-0.39, 0.29) is 24.3 Å². The fraction of sp³-hybridized carbons (Fsp3) is 0.484. The molecule has 0 aliphatic carbocycles. The quantitative estimate of drug-likeness (QED) is 0.263. The lowest BCUT2D eigenvalue weighted by atomic mass is 9.89. The predicted molar refractivity (Wildman–Crippen MR) is 157 cm³/mol. The fourth-order valence-corrected chi connectivity index (χ4v) is 4.10. The largest absolute Gasteiger partial charge is 0.463 e. The third-order valence-corrected chi connectivity index (χ3v) is 6.01. The van der Waals surface area contributed by atoms with Gasteiger partial charge in [-0.2, -0.15) is 0 Å². The molecule has 3 rings (SSSR count).